The minimum Gasteiger partial charge on any atom is -0.476 e. The Hall–Kier alpha value is -1.79. The van der Waals surface area contributed by atoms with Gasteiger partial charge in [-0.05, 0) is 12.1 Å². The van der Waals surface area contributed by atoms with E-state index in [2.05, 4.69) is 4.98 Å². The highest BCUT2D eigenvalue weighted by molar-refractivity contribution is 5.78. The molecule has 19 heavy (non-hydrogen) atoms. The Morgan fingerprint density at radius 3 is 2.63 bits per heavy atom. The van der Waals surface area contributed by atoms with Crippen LogP contribution in [0.2, 0.25) is 0 Å². The summed E-state index contributed by atoms with van der Waals surface area (Å²) in [6.07, 6.45) is -3.32. The number of carbonyl (C=O) groups is 1. The molecule has 1 amide bonds. The molecule has 1 rings (SSSR count). The van der Waals surface area contributed by atoms with Gasteiger partial charge in [-0.2, -0.15) is 13.2 Å². The third kappa shape index (κ3) is 4.11. The summed E-state index contributed by atoms with van der Waals surface area (Å²) in [5.41, 5.74) is -0.945. The number of rotatable bonds is 4. The first-order chi connectivity index (χ1) is 8.73. The van der Waals surface area contributed by atoms with Crippen molar-refractivity contribution < 1.29 is 22.7 Å². The molecular weight excluding hydrogens is 261 g/mol. The predicted octanol–water partition coefficient (Wildman–Crippen LogP) is 2.20. The van der Waals surface area contributed by atoms with Crippen molar-refractivity contribution in [2.75, 3.05) is 20.7 Å². The summed E-state index contributed by atoms with van der Waals surface area (Å²) in [6, 6.07) is 2.07. The van der Waals surface area contributed by atoms with Crippen LogP contribution in [0.5, 0.6) is 5.88 Å². The molecule has 0 N–H and O–H groups in total. The van der Waals surface area contributed by atoms with Gasteiger partial charge in [0.2, 0.25) is 11.8 Å². The van der Waals surface area contributed by atoms with Gasteiger partial charge < -0.3 is 9.64 Å². The van der Waals surface area contributed by atoms with E-state index in [0.717, 1.165) is 6.07 Å². The molecule has 0 radical (unpaired) electrons. The van der Waals surface area contributed by atoms with Crippen LogP contribution in [0.3, 0.4) is 0 Å². The van der Waals surface area contributed by atoms with Crippen molar-refractivity contribution in [3.8, 4) is 5.88 Å². The molecule has 0 saturated heterocycles. The van der Waals surface area contributed by atoms with E-state index in [9.17, 15) is 18.0 Å². The SMILES string of the molecule is CC(COc1ncccc1C(F)(F)F)C(=O)N(C)C. The fraction of sp³-hybridized carbons (Fsp3) is 0.500. The summed E-state index contributed by atoms with van der Waals surface area (Å²) in [4.78, 5) is 16.5. The van der Waals surface area contributed by atoms with Crippen molar-refractivity contribution in [1.82, 2.24) is 9.88 Å². The highest BCUT2D eigenvalue weighted by Gasteiger charge is 2.35. The first kappa shape index (κ1) is 15.3. The van der Waals surface area contributed by atoms with Crippen molar-refractivity contribution in [2.24, 2.45) is 5.92 Å². The Bertz CT molecular complexity index is 447. The fourth-order valence-corrected chi connectivity index (χ4v) is 1.44. The van der Waals surface area contributed by atoms with Crippen LogP contribution in [0.15, 0.2) is 18.3 Å². The zero-order valence-electron chi connectivity index (χ0n) is 10.9. The number of nitrogens with zero attached hydrogens (tertiary/aromatic N) is 2. The number of amides is 1. The van der Waals surface area contributed by atoms with E-state index in [1.54, 1.807) is 21.0 Å². The average molecular weight is 276 g/mol. The minimum absolute atomic E-state index is 0.156. The lowest BCUT2D eigenvalue weighted by molar-refractivity contribution is -0.139. The van der Waals surface area contributed by atoms with Crippen LogP contribution in [-0.4, -0.2) is 36.5 Å². The van der Waals surface area contributed by atoms with E-state index in [4.69, 9.17) is 4.74 Å². The number of pyridine rings is 1. The van der Waals surface area contributed by atoms with Gasteiger partial charge in [0.15, 0.2) is 0 Å². The number of hydrogen-bond acceptors (Lipinski definition) is 3. The van der Waals surface area contributed by atoms with Crippen LogP contribution in [0.4, 0.5) is 13.2 Å². The largest absolute Gasteiger partial charge is 0.476 e. The van der Waals surface area contributed by atoms with Crippen LogP contribution >= 0.6 is 0 Å². The summed E-state index contributed by atoms with van der Waals surface area (Å²) in [5, 5.41) is 0. The van der Waals surface area contributed by atoms with Gasteiger partial charge in [-0.15, -0.1) is 0 Å². The summed E-state index contributed by atoms with van der Waals surface area (Å²) in [7, 11) is 3.14. The Balaban J connectivity index is 2.76. The number of alkyl halides is 3. The van der Waals surface area contributed by atoms with Crippen LogP contribution in [0.25, 0.3) is 0 Å². The fourth-order valence-electron chi connectivity index (χ4n) is 1.44. The summed E-state index contributed by atoms with van der Waals surface area (Å²) in [6.45, 7) is 1.43. The van der Waals surface area contributed by atoms with E-state index >= 15 is 0 Å². The molecule has 0 fully saturated rings. The zero-order chi connectivity index (χ0) is 14.6. The lowest BCUT2D eigenvalue weighted by Crippen LogP contribution is -2.31. The molecule has 0 aliphatic rings. The molecule has 1 unspecified atom stereocenters. The predicted molar refractivity (Wildman–Crippen MR) is 62.6 cm³/mol. The molecule has 1 heterocycles. The van der Waals surface area contributed by atoms with Gasteiger partial charge in [0.05, 0.1) is 5.92 Å². The number of aromatic nitrogens is 1. The number of ether oxygens (including phenoxy) is 1. The summed E-state index contributed by atoms with van der Waals surface area (Å²) in [5.74, 6) is -1.27. The normalized spacial score (nSPS) is 12.9. The van der Waals surface area contributed by atoms with Crippen LogP contribution in [0, 0.1) is 5.92 Å². The summed E-state index contributed by atoms with van der Waals surface area (Å²) < 4.78 is 43.0. The number of hydrogen-bond donors (Lipinski definition) is 0. The zero-order valence-corrected chi connectivity index (χ0v) is 10.9. The molecule has 0 aliphatic carbocycles. The Morgan fingerprint density at radius 2 is 2.11 bits per heavy atom. The van der Waals surface area contributed by atoms with Gasteiger partial charge in [0, 0.05) is 20.3 Å². The van der Waals surface area contributed by atoms with Gasteiger partial charge in [-0.25, -0.2) is 4.98 Å². The van der Waals surface area contributed by atoms with E-state index in [1.807, 2.05) is 0 Å². The van der Waals surface area contributed by atoms with E-state index in [1.165, 1.54) is 17.2 Å². The lowest BCUT2D eigenvalue weighted by atomic mass is 10.2. The molecule has 0 aromatic carbocycles. The van der Waals surface area contributed by atoms with E-state index < -0.39 is 23.5 Å². The standard InChI is InChI=1S/C12H15F3N2O2/c1-8(11(18)17(2)3)7-19-10-9(12(13,14)15)5-4-6-16-10/h4-6,8H,7H2,1-3H3. The topological polar surface area (TPSA) is 42.4 Å². The second kappa shape index (κ2) is 5.90. The van der Waals surface area contributed by atoms with Gasteiger partial charge in [0.1, 0.15) is 12.2 Å². The molecule has 0 saturated carbocycles. The highest BCUT2D eigenvalue weighted by atomic mass is 19.4. The summed E-state index contributed by atoms with van der Waals surface area (Å²) >= 11 is 0. The maximum Gasteiger partial charge on any atom is 0.421 e. The molecule has 7 heteroatoms. The Kier molecular flexibility index (Phi) is 4.74. The number of halogens is 3. The van der Waals surface area contributed by atoms with Gasteiger partial charge in [0.25, 0.3) is 0 Å². The van der Waals surface area contributed by atoms with E-state index in [-0.39, 0.29) is 12.5 Å². The monoisotopic (exact) mass is 276 g/mol. The highest BCUT2D eigenvalue weighted by Crippen LogP contribution is 2.34. The van der Waals surface area contributed by atoms with Crippen molar-refractivity contribution in [2.45, 2.75) is 13.1 Å². The maximum atomic E-state index is 12.7. The van der Waals surface area contributed by atoms with Gasteiger partial charge in [-0.3, -0.25) is 4.79 Å². The molecule has 1 aromatic rings. The lowest BCUT2D eigenvalue weighted by Gasteiger charge is -2.18. The molecular formula is C12H15F3N2O2. The molecule has 0 bridgehead atoms. The second-order valence-electron chi connectivity index (χ2n) is 4.30. The van der Waals surface area contributed by atoms with Crippen molar-refractivity contribution >= 4 is 5.91 Å². The number of carbonyl (C=O) groups excluding carboxylic acids is 1. The molecule has 106 valence electrons. The smallest absolute Gasteiger partial charge is 0.421 e. The molecule has 1 atom stereocenters. The van der Waals surface area contributed by atoms with Gasteiger partial charge in [-0.1, -0.05) is 6.92 Å². The van der Waals surface area contributed by atoms with Crippen molar-refractivity contribution in [3.05, 3.63) is 23.9 Å². The maximum absolute atomic E-state index is 12.7. The minimum atomic E-state index is -4.53. The first-order valence-electron chi connectivity index (χ1n) is 5.59. The Labute approximate surface area is 109 Å². The van der Waals surface area contributed by atoms with Crippen LogP contribution in [-0.2, 0) is 11.0 Å². The molecule has 4 nitrogen and oxygen atoms in total. The van der Waals surface area contributed by atoms with Gasteiger partial charge >= 0.3 is 6.18 Å². The van der Waals surface area contributed by atoms with Crippen LogP contribution < -0.4 is 4.74 Å². The quantitative estimate of drug-likeness (QED) is 0.846. The molecule has 0 spiro atoms. The van der Waals surface area contributed by atoms with E-state index in [0.29, 0.717) is 0 Å². The first-order valence-corrected chi connectivity index (χ1v) is 5.59. The second-order valence-corrected chi connectivity index (χ2v) is 4.30. The van der Waals surface area contributed by atoms with Crippen molar-refractivity contribution in [3.63, 3.8) is 0 Å². The average Bonchev–Trinajstić information content (AvgIpc) is 2.34. The van der Waals surface area contributed by atoms with Crippen molar-refractivity contribution in [1.29, 1.82) is 0 Å². The molecule has 1 aromatic heterocycles. The third-order valence-electron chi connectivity index (χ3n) is 2.41. The molecule has 0 aliphatic heterocycles. The van der Waals surface area contributed by atoms with Crippen LogP contribution in [0.1, 0.15) is 12.5 Å². The third-order valence-corrected chi connectivity index (χ3v) is 2.41. The Morgan fingerprint density at radius 1 is 1.47 bits per heavy atom.